The summed E-state index contributed by atoms with van der Waals surface area (Å²) in [4.78, 5) is 24.9. The molecule has 136 valence electrons. The van der Waals surface area contributed by atoms with Crippen molar-refractivity contribution in [2.45, 2.75) is 38.8 Å². The molecule has 6 heteroatoms. The first kappa shape index (κ1) is 17.7. The van der Waals surface area contributed by atoms with E-state index in [2.05, 4.69) is 12.2 Å². The first-order valence-electron chi connectivity index (χ1n) is 9.05. The van der Waals surface area contributed by atoms with Gasteiger partial charge in [0.1, 0.15) is 5.75 Å². The molecule has 0 aromatic heterocycles. The molecule has 1 aliphatic carbocycles. The smallest absolute Gasteiger partial charge is 0.255 e. The fourth-order valence-corrected chi connectivity index (χ4v) is 3.34. The van der Waals surface area contributed by atoms with Gasteiger partial charge in [-0.3, -0.25) is 9.59 Å². The quantitative estimate of drug-likeness (QED) is 0.780. The van der Waals surface area contributed by atoms with E-state index in [9.17, 15) is 9.59 Å². The topological polar surface area (TPSA) is 84.7 Å². The van der Waals surface area contributed by atoms with Crippen molar-refractivity contribution in [3.05, 3.63) is 29.8 Å². The van der Waals surface area contributed by atoms with Crippen molar-refractivity contribution < 1.29 is 14.3 Å². The zero-order valence-corrected chi connectivity index (χ0v) is 14.7. The number of nitrogens with one attached hydrogen (secondary N) is 1. The molecule has 2 amide bonds. The van der Waals surface area contributed by atoms with Crippen molar-refractivity contribution in [2.24, 2.45) is 17.6 Å². The van der Waals surface area contributed by atoms with Crippen LogP contribution in [0.1, 0.15) is 31.7 Å². The molecule has 1 saturated carbocycles. The number of likely N-dealkylation sites (tertiary alicyclic amines) is 1. The van der Waals surface area contributed by atoms with Gasteiger partial charge in [-0.2, -0.15) is 0 Å². The van der Waals surface area contributed by atoms with E-state index in [1.165, 1.54) is 0 Å². The predicted octanol–water partition coefficient (Wildman–Crippen LogP) is 1.29. The summed E-state index contributed by atoms with van der Waals surface area (Å²) in [5, 5.41) is 3.61. The predicted molar refractivity (Wildman–Crippen MR) is 94.8 cm³/mol. The number of ether oxygens (including phenoxy) is 1. The highest BCUT2D eigenvalue weighted by Gasteiger charge is 2.36. The summed E-state index contributed by atoms with van der Waals surface area (Å²) >= 11 is 0. The van der Waals surface area contributed by atoms with E-state index in [0.29, 0.717) is 29.5 Å². The van der Waals surface area contributed by atoms with Gasteiger partial charge in [0.2, 0.25) is 5.91 Å². The number of hydrogen-bond acceptors (Lipinski definition) is 4. The summed E-state index contributed by atoms with van der Waals surface area (Å²) in [6, 6.07) is 8.09. The molecule has 0 bridgehead atoms. The Kier molecular flexibility index (Phi) is 5.58. The number of hydrogen-bond donors (Lipinski definition) is 2. The fourth-order valence-electron chi connectivity index (χ4n) is 3.34. The third kappa shape index (κ3) is 4.95. The van der Waals surface area contributed by atoms with Crippen LogP contribution in [0, 0.1) is 11.8 Å². The first-order chi connectivity index (χ1) is 12.0. The van der Waals surface area contributed by atoms with Crippen molar-refractivity contribution in [1.82, 2.24) is 10.2 Å². The van der Waals surface area contributed by atoms with Crippen LogP contribution in [0.15, 0.2) is 24.3 Å². The zero-order chi connectivity index (χ0) is 17.8. The van der Waals surface area contributed by atoms with Gasteiger partial charge in [-0.05, 0) is 42.9 Å². The molecule has 3 N–H and O–H groups in total. The lowest BCUT2D eigenvalue weighted by atomic mass is 9.93. The second-order valence-electron chi connectivity index (χ2n) is 7.21. The monoisotopic (exact) mass is 345 g/mol. The molecule has 3 rings (SSSR count). The van der Waals surface area contributed by atoms with Crippen LogP contribution in [0.5, 0.6) is 5.75 Å². The molecule has 0 unspecified atom stereocenters. The van der Waals surface area contributed by atoms with Crippen LogP contribution < -0.4 is 15.8 Å². The Hall–Kier alpha value is -2.08. The van der Waals surface area contributed by atoms with Crippen molar-refractivity contribution in [3.8, 4) is 5.75 Å². The number of amides is 2. The first-order valence-corrected chi connectivity index (χ1v) is 9.05. The molecule has 1 saturated heterocycles. The third-order valence-electron chi connectivity index (χ3n) is 5.02. The van der Waals surface area contributed by atoms with Gasteiger partial charge >= 0.3 is 0 Å². The summed E-state index contributed by atoms with van der Waals surface area (Å²) in [6.45, 7) is 4.60. The molecule has 1 heterocycles. The highest BCUT2D eigenvalue weighted by atomic mass is 16.5. The van der Waals surface area contributed by atoms with E-state index in [0.717, 1.165) is 44.5 Å². The highest BCUT2D eigenvalue weighted by Crippen LogP contribution is 2.32. The van der Waals surface area contributed by atoms with Gasteiger partial charge in [0.25, 0.3) is 5.91 Å². The van der Waals surface area contributed by atoms with Crippen molar-refractivity contribution in [2.75, 3.05) is 19.7 Å². The van der Waals surface area contributed by atoms with Gasteiger partial charge in [0.05, 0.1) is 0 Å². The maximum absolute atomic E-state index is 12.2. The number of carbonyl (C=O) groups excluding carboxylic acids is 2. The molecule has 25 heavy (non-hydrogen) atoms. The molecule has 6 nitrogen and oxygen atoms in total. The van der Waals surface area contributed by atoms with E-state index < -0.39 is 5.91 Å². The molecule has 1 aromatic rings. The number of piperidine rings is 1. The summed E-state index contributed by atoms with van der Waals surface area (Å²) in [5.41, 5.74) is 6.23. The van der Waals surface area contributed by atoms with Crippen LogP contribution in [-0.4, -0.2) is 42.5 Å². The van der Waals surface area contributed by atoms with Crippen LogP contribution in [0.25, 0.3) is 0 Å². The largest absolute Gasteiger partial charge is 0.484 e. The Morgan fingerprint density at radius 1 is 1.24 bits per heavy atom. The van der Waals surface area contributed by atoms with Gasteiger partial charge in [-0.25, -0.2) is 0 Å². The lowest BCUT2D eigenvalue weighted by Crippen LogP contribution is -2.50. The van der Waals surface area contributed by atoms with Gasteiger partial charge < -0.3 is 20.7 Å². The Morgan fingerprint density at radius 2 is 1.96 bits per heavy atom. The fraction of sp³-hybridized carbons (Fsp3) is 0.579. The van der Waals surface area contributed by atoms with E-state index in [1.54, 1.807) is 0 Å². The Balaban J connectivity index is 1.44. The molecular weight excluding hydrogens is 318 g/mol. The van der Waals surface area contributed by atoms with Crippen LogP contribution >= 0.6 is 0 Å². The number of rotatable bonds is 7. The number of nitrogens with zero attached hydrogens (tertiary/aromatic N) is 1. The Bertz CT molecular complexity index is 613. The molecule has 1 aliphatic heterocycles. The van der Waals surface area contributed by atoms with Gasteiger partial charge in [-0.15, -0.1) is 0 Å². The van der Waals surface area contributed by atoms with Crippen LogP contribution in [-0.2, 0) is 16.1 Å². The minimum atomic E-state index is -0.480. The number of carbonyl (C=O) groups is 2. The number of nitrogens with two attached hydrogens (primary N) is 1. The maximum Gasteiger partial charge on any atom is 0.255 e. The maximum atomic E-state index is 12.2. The second kappa shape index (κ2) is 7.87. The van der Waals surface area contributed by atoms with Crippen molar-refractivity contribution >= 4 is 11.8 Å². The van der Waals surface area contributed by atoms with Gasteiger partial charge in [0, 0.05) is 31.6 Å². The molecule has 2 atom stereocenters. The van der Waals surface area contributed by atoms with Crippen LogP contribution in [0.4, 0.5) is 0 Å². The number of benzene rings is 1. The SMILES string of the molecule is C[C@@H]1CN(C(=O)C2CC2)CC[C@H]1NCc1ccc(OCC(N)=O)cc1. The lowest BCUT2D eigenvalue weighted by Gasteiger charge is -2.37. The zero-order valence-electron chi connectivity index (χ0n) is 14.7. The highest BCUT2D eigenvalue weighted by molar-refractivity contribution is 5.81. The minimum absolute atomic E-state index is 0.104. The lowest BCUT2D eigenvalue weighted by molar-refractivity contribution is -0.134. The molecule has 2 aliphatic rings. The summed E-state index contributed by atoms with van der Waals surface area (Å²) in [5.74, 6) is 1.28. The summed E-state index contributed by atoms with van der Waals surface area (Å²) in [6.07, 6.45) is 3.15. The second-order valence-corrected chi connectivity index (χ2v) is 7.21. The van der Waals surface area contributed by atoms with E-state index in [-0.39, 0.29) is 6.61 Å². The molecule has 0 radical (unpaired) electrons. The summed E-state index contributed by atoms with van der Waals surface area (Å²) in [7, 11) is 0. The van der Waals surface area contributed by atoms with Crippen molar-refractivity contribution in [1.29, 1.82) is 0 Å². The standard InChI is InChI=1S/C19H27N3O3/c1-13-11-22(19(24)15-4-5-15)9-8-17(13)21-10-14-2-6-16(7-3-14)25-12-18(20)23/h2-3,6-7,13,15,17,21H,4-5,8-12H2,1H3,(H2,20,23)/t13-,17-/m1/s1. The molecule has 2 fully saturated rings. The van der Waals surface area contributed by atoms with Gasteiger partial charge in [0.15, 0.2) is 6.61 Å². The van der Waals surface area contributed by atoms with Crippen LogP contribution in [0.2, 0.25) is 0 Å². The molecule has 0 spiro atoms. The van der Waals surface area contributed by atoms with E-state index in [4.69, 9.17) is 10.5 Å². The average Bonchev–Trinajstić information content (AvgIpc) is 3.44. The average molecular weight is 345 g/mol. The normalized spacial score (nSPS) is 23.3. The van der Waals surface area contributed by atoms with Gasteiger partial charge in [-0.1, -0.05) is 19.1 Å². The molecular formula is C19H27N3O3. The molecule has 1 aromatic carbocycles. The Morgan fingerprint density at radius 3 is 2.56 bits per heavy atom. The number of primary amides is 1. The van der Waals surface area contributed by atoms with Crippen molar-refractivity contribution in [3.63, 3.8) is 0 Å². The summed E-state index contributed by atoms with van der Waals surface area (Å²) < 4.78 is 5.26. The van der Waals surface area contributed by atoms with Crippen LogP contribution in [0.3, 0.4) is 0 Å². The van der Waals surface area contributed by atoms with E-state index >= 15 is 0 Å². The third-order valence-corrected chi connectivity index (χ3v) is 5.02. The minimum Gasteiger partial charge on any atom is -0.484 e. The Labute approximate surface area is 148 Å². The van der Waals surface area contributed by atoms with E-state index in [1.807, 2.05) is 29.2 Å².